The van der Waals surface area contributed by atoms with Gasteiger partial charge in [-0.1, -0.05) is 18.2 Å². The van der Waals surface area contributed by atoms with Gasteiger partial charge < -0.3 is 20.1 Å². The third kappa shape index (κ3) is 4.38. The number of urea groups is 1. The number of methoxy groups -OCH3 is 1. The van der Waals surface area contributed by atoms with Gasteiger partial charge in [-0.05, 0) is 31.4 Å². The van der Waals surface area contributed by atoms with Gasteiger partial charge in [0.15, 0.2) is 0 Å². The van der Waals surface area contributed by atoms with E-state index in [2.05, 4.69) is 10.6 Å². The fourth-order valence-corrected chi connectivity index (χ4v) is 3.59. The van der Waals surface area contributed by atoms with Crippen molar-refractivity contribution >= 4 is 6.03 Å². The van der Waals surface area contributed by atoms with E-state index in [0.717, 1.165) is 12.5 Å². The van der Waals surface area contributed by atoms with Crippen molar-refractivity contribution in [3.8, 4) is 0 Å². The van der Waals surface area contributed by atoms with Crippen molar-refractivity contribution in [2.45, 2.75) is 49.4 Å². The molecule has 27 heavy (non-hydrogen) atoms. The van der Waals surface area contributed by atoms with Gasteiger partial charge in [0.25, 0.3) is 0 Å². The second-order valence-electron chi connectivity index (χ2n) is 7.57. The molecule has 1 aliphatic carbocycles. The van der Waals surface area contributed by atoms with Crippen molar-refractivity contribution in [2.75, 3.05) is 26.9 Å². The molecule has 2 aliphatic rings. The van der Waals surface area contributed by atoms with E-state index >= 15 is 0 Å². The molecular formula is C19H25F3N2O3. The molecule has 1 saturated carbocycles. The zero-order valence-electron chi connectivity index (χ0n) is 15.5. The first-order chi connectivity index (χ1) is 12.7. The van der Waals surface area contributed by atoms with Crippen LogP contribution >= 0.6 is 0 Å². The third-order valence-corrected chi connectivity index (χ3v) is 5.80. The van der Waals surface area contributed by atoms with Crippen LogP contribution in [0.15, 0.2) is 24.3 Å². The predicted molar refractivity (Wildman–Crippen MR) is 93.5 cm³/mol. The number of carbonyl (C=O) groups is 1. The number of halogens is 3. The van der Waals surface area contributed by atoms with Crippen molar-refractivity contribution in [1.29, 1.82) is 0 Å². The minimum atomic E-state index is -4.40. The van der Waals surface area contributed by atoms with Crippen molar-refractivity contribution in [3.05, 3.63) is 35.4 Å². The van der Waals surface area contributed by atoms with Gasteiger partial charge in [0, 0.05) is 38.7 Å². The van der Waals surface area contributed by atoms with Gasteiger partial charge >= 0.3 is 12.2 Å². The second-order valence-corrected chi connectivity index (χ2v) is 7.57. The summed E-state index contributed by atoms with van der Waals surface area (Å²) in [5.74, 6) is 0. The monoisotopic (exact) mass is 386 g/mol. The maximum absolute atomic E-state index is 13.1. The van der Waals surface area contributed by atoms with Gasteiger partial charge in [-0.25, -0.2) is 4.79 Å². The fraction of sp³-hybridized carbons (Fsp3) is 0.632. The number of benzene rings is 1. The number of hydrogen-bond donors (Lipinski definition) is 2. The number of nitrogens with one attached hydrogen (secondary N) is 2. The molecule has 0 radical (unpaired) electrons. The number of carbonyl (C=O) groups excluding carboxylic acids is 1. The molecule has 8 heteroatoms. The lowest BCUT2D eigenvalue weighted by atomic mass is 9.73. The molecule has 0 aromatic heterocycles. The molecule has 0 spiro atoms. The van der Waals surface area contributed by atoms with Crippen LogP contribution in [0.1, 0.15) is 37.3 Å². The van der Waals surface area contributed by atoms with Crippen LogP contribution in [0.3, 0.4) is 0 Å². The SMILES string of the molecule is CO[C@@]1(C)C[C@H]1NC(=O)NCC1(c2cccc(C(F)(F)F)c2)CCOCC1. The van der Waals surface area contributed by atoms with Crippen LogP contribution in [0.25, 0.3) is 0 Å². The van der Waals surface area contributed by atoms with Gasteiger partial charge in [0.2, 0.25) is 0 Å². The van der Waals surface area contributed by atoms with Crippen molar-refractivity contribution in [3.63, 3.8) is 0 Å². The van der Waals surface area contributed by atoms with Crippen molar-refractivity contribution < 1.29 is 27.4 Å². The molecule has 5 nitrogen and oxygen atoms in total. The van der Waals surface area contributed by atoms with E-state index in [9.17, 15) is 18.0 Å². The lowest BCUT2D eigenvalue weighted by Crippen LogP contribution is -2.48. The first-order valence-electron chi connectivity index (χ1n) is 9.04. The molecule has 1 aromatic carbocycles. The molecule has 1 aromatic rings. The van der Waals surface area contributed by atoms with Gasteiger partial charge in [0.1, 0.15) is 0 Å². The van der Waals surface area contributed by atoms with Crippen molar-refractivity contribution in [1.82, 2.24) is 10.6 Å². The Morgan fingerprint density at radius 1 is 1.33 bits per heavy atom. The highest BCUT2D eigenvalue weighted by Crippen LogP contribution is 2.39. The Balaban J connectivity index is 1.71. The Labute approximate surface area is 156 Å². The minimum Gasteiger partial charge on any atom is -0.381 e. The first kappa shape index (κ1) is 19.9. The molecule has 1 heterocycles. The summed E-state index contributed by atoms with van der Waals surface area (Å²) in [4.78, 5) is 12.3. The molecule has 0 unspecified atom stereocenters. The van der Waals surface area contributed by atoms with E-state index < -0.39 is 17.2 Å². The van der Waals surface area contributed by atoms with E-state index in [4.69, 9.17) is 9.47 Å². The van der Waals surface area contributed by atoms with Gasteiger partial charge in [-0.3, -0.25) is 0 Å². The average molecular weight is 386 g/mol. The van der Waals surface area contributed by atoms with Crippen LogP contribution in [0.2, 0.25) is 0 Å². The number of rotatable bonds is 5. The normalized spacial score (nSPS) is 27.1. The Kier molecular flexibility index (Phi) is 5.40. The molecule has 0 bridgehead atoms. The second kappa shape index (κ2) is 7.31. The summed E-state index contributed by atoms with van der Waals surface area (Å²) in [6.07, 6.45) is -2.56. The average Bonchev–Trinajstić information content (AvgIpc) is 3.30. The summed E-state index contributed by atoms with van der Waals surface area (Å²) in [6, 6.07) is 4.98. The predicted octanol–water partition coefficient (Wildman–Crippen LogP) is 3.23. The van der Waals surface area contributed by atoms with Crippen LogP contribution < -0.4 is 10.6 Å². The Bertz CT molecular complexity index is 689. The molecule has 2 amide bonds. The summed E-state index contributed by atoms with van der Waals surface area (Å²) in [5, 5.41) is 5.69. The Morgan fingerprint density at radius 2 is 2.04 bits per heavy atom. The van der Waals surface area contributed by atoms with E-state index in [1.165, 1.54) is 12.1 Å². The molecule has 1 saturated heterocycles. The summed E-state index contributed by atoms with van der Waals surface area (Å²) in [5.41, 5.74) is -1.02. The molecular weight excluding hydrogens is 361 g/mol. The first-order valence-corrected chi connectivity index (χ1v) is 9.04. The van der Waals surface area contributed by atoms with Gasteiger partial charge in [-0.15, -0.1) is 0 Å². The molecule has 1 aliphatic heterocycles. The maximum Gasteiger partial charge on any atom is 0.416 e. The number of ether oxygens (including phenoxy) is 2. The highest BCUT2D eigenvalue weighted by atomic mass is 19.4. The zero-order valence-corrected chi connectivity index (χ0v) is 15.5. The largest absolute Gasteiger partial charge is 0.416 e. The topological polar surface area (TPSA) is 59.6 Å². The fourth-order valence-electron chi connectivity index (χ4n) is 3.59. The number of hydrogen-bond acceptors (Lipinski definition) is 3. The minimum absolute atomic E-state index is 0.0540. The van der Waals surface area contributed by atoms with E-state index in [1.807, 2.05) is 6.92 Å². The summed E-state index contributed by atoms with van der Waals surface area (Å²) in [7, 11) is 1.60. The zero-order chi connectivity index (χ0) is 19.7. The Morgan fingerprint density at radius 3 is 2.63 bits per heavy atom. The number of alkyl halides is 3. The highest BCUT2D eigenvalue weighted by molar-refractivity contribution is 5.75. The summed E-state index contributed by atoms with van der Waals surface area (Å²) >= 11 is 0. The highest BCUT2D eigenvalue weighted by Gasteiger charge is 2.52. The molecule has 2 N–H and O–H groups in total. The lowest BCUT2D eigenvalue weighted by Gasteiger charge is -2.38. The van der Waals surface area contributed by atoms with E-state index in [0.29, 0.717) is 31.6 Å². The van der Waals surface area contributed by atoms with Crippen LogP contribution in [0, 0.1) is 0 Å². The Hall–Kier alpha value is -1.80. The summed E-state index contributed by atoms with van der Waals surface area (Å²) in [6.45, 7) is 3.06. The molecule has 3 rings (SSSR count). The van der Waals surface area contributed by atoms with E-state index in [-0.39, 0.29) is 24.2 Å². The number of amides is 2. The molecule has 150 valence electrons. The lowest BCUT2D eigenvalue weighted by molar-refractivity contribution is -0.137. The standard InChI is InChI=1S/C19H25F3N2O3/c1-17(26-2)11-15(17)24-16(25)23-12-18(6-8-27-9-7-18)13-4-3-5-14(10-13)19(20,21)22/h3-5,10,15H,6-9,11-12H2,1-2H3,(H2,23,24,25)/t15-,17+/m1/s1. The molecule has 2 atom stereocenters. The van der Waals surface area contributed by atoms with Gasteiger partial charge in [-0.2, -0.15) is 13.2 Å². The third-order valence-electron chi connectivity index (χ3n) is 5.80. The quantitative estimate of drug-likeness (QED) is 0.817. The van der Waals surface area contributed by atoms with Crippen LogP contribution in [-0.4, -0.2) is 44.5 Å². The van der Waals surface area contributed by atoms with Crippen molar-refractivity contribution in [2.24, 2.45) is 0 Å². The molecule has 2 fully saturated rings. The summed E-state index contributed by atoms with van der Waals surface area (Å²) < 4.78 is 50.1. The maximum atomic E-state index is 13.1. The van der Waals surface area contributed by atoms with Crippen LogP contribution in [0.5, 0.6) is 0 Å². The van der Waals surface area contributed by atoms with Crippen LogP contribution in [-0.2, 0) is 21.1 Å². The van der Waals surface area contributed by atoms with Gasteiger partial charge in [0.05, 0.1) is 17.2 Å². The van der Waals surface area contributed by atoms with Crippen LogP contribution in [0.4, 0.5) is 18.0 Å². The smallest absolute Gasteiger partial charge is 0.381 e. The van der Waals surface area contributed by atoms with E-state index in [1.54, 1.807) is 13.2 Å².